The lowest BCUT2D eigenvalue weighted by Gasteiger charge is -2.09. The van der Waals surface area contributed by atoms with E-state index in [4.69, 9.17) is 11.6 Å². The number of pyridine rings is 1. The number of hydrogen-bond donors (Lipinski definition) is 1. The lowest BCUT2D eigenvalue weighted by atomic mass is 9.97. The van der Waals surface area contributed by atoms with Crippen molar-refractivity contribution in [3.05, 3.63) is 77.5 Å². The molecule has 0 aliphatic carbocycles. The zero-order valence-corrected chi connectivity index (χ0v) is 15.4. The molecule has 7 heteroatoms. The van der Waals surface area contributed by atoms with Crippen LogP contribution in [-0.4, -0.2) is 20.2 Å². The summed E-state index contributed by atoms with van der Waals surface area (Å²) in [5.74, 6) is 0.769. The summed E-state index contributed by atoms with van der Waals surface area (Å²) in [7, 11) is 0. The highest BCUT2D eigenvalue weighted by Gasteiger charge is 2.09. The number of nitrogens with one attached hydrogen (secondary N) is 1. The Morgan fingerprint density at radius 1 is 0.960 bits per heavy atom. The van der Waals surface area contributed by atoms with Crippen molar-refractivity contribution in [2.75, 3.05) is 0 Å². The fraction of sp³-hybridized carbons (Fsp3) is 0.0556. The Kier molecular flexibility index (Phi) is 6.37. The molecule has 0 saturated heterocycles. The Hall–Kier alpha value is -2.14. The molecule has 128 valence electrons. The summed E-state index contributed by atoms with van der Waals surface area (Å²) in [6.45, 7) is 0. The third kappa shape index (κ3) is 4.10. The second-order valence-corrected chi connectivity index (χ2v) is 5.76. The average Bonchev–Trinajstić information content (AvgIpc) is 3.07. The molecule has 0 atom stereocenters. The first-order valence-corrected chi connectivity index (χ1v) is 7.65. The molecule has 0 bridgehead atoms. The number of benzene rings is 2. The lowest BCUT2D eigenvalue weighted by molar-refractivity contribution is 0.973. The molecular weight excluding hydrogens is 379 g/mol. The summed E-state index contributed by atoms with van der Waals surface area (Å²) in [5.41, 5.74) is 4.22. The van der Waals surface area contributed by atoms with E-state index in [9.17, 15) is 0 Å². The molecule has 1 N–H and O–H groups in total. The van der Waals surface area contributed by atoms with E-state index < -0.39 is 0 Å². The Labute approximate surface area is 162 Å². The summed E-state index contributed by atoms with van der Waals surface area (Å²) in [5, 5.41) is 8.69. The fourth-order valence-corrected chi connectivity index (χ4v) is 2.93. The van der Waals surface area contributed by atoms with Crippen molar-refractivity contribution in [1.29, 1.82) is 0 Å². The summed E-state index contributed by atoms with van der Waals surface area (Å²) < 4.78 is 0. The number of rotatable bonds is 3. The van der Waals surface area contributed by atoms with Gasteiger partial charge < -0.3 is 0 Å². The van der Waals surface area contributed by atoms with Crippen LogP contribution in [0.5, 0.6) is 0 Å². The molecular formula is C18H15Cl3N4. The second-order valence-electron chi connectivity index (χ2n) is 5.32. The summed E-state index contributed by atoms with van der Waals surface area (Å²) in [6.07, 6.45) is 4.07. The summed E-state index contributed by atoms with van der Waals surface area (Å²) in [4.78, 5) is 8.75. The van der Waals surface area contributed by atoms with Crippen LogP contribution in [0.2, 0.25) is 5.02 Å². The van der Waals surface area contributed by atoms with Crippen LogP contribution in [-0.2, 0) is 6.42 Å². The summed E-state index contributed by atoms with van der Waals surface area (Å²) in [6, 6.07) is 16.1. The molecule has 2 aromatic carbocycles. The van der Waals surface area contributed by atoms with Crippen molar-refractivity contribution in [1.82, 2.24) is 20.2 Å². The van der Waals surface area contributed by atoms with Crippen LogP contribution in [0.25, 0.3) is 22.0 Å². The summed E-state index contributed by atoms with van der Waals surface area (Å²) >= 11 is 6.16. The SMILES string of the molecule is Cl.Cl.Clc1cccc(-c2cc(Cc3nc[nH]n3)cc3cccnc23)c1. The van der Waals surface area contributed by atoms with Crippen molar-refractivity contribution in [2.24, 2.45) is 0 Å². The van der Waals surface area contributed by atoms with Crippen molar-refractivity contribution < 1.29 is 0 Å². The van der Waals surface area contributed by atoms with Crippen molar-refractivity contribution >= 4 is 47.3 Å². The number of H-pyrrole nitrogens is 1. The topological polar surface area (TPSA) is 54.5 Å². The predicted octanol–water partition coefficient (Wildman–Crippen LogP) is 5.11. The van der Waals surface area contributed by atoms with Gasteiger partial charge in [-0.2, -0.15) is 5.10 Å². The fourth-order valence-electron chi connectivity index (χ4n) is 2.74. The Morgan fingerprint density at radius 3 is 2.60 bits per heavy atom. The van der Waals surface area contributed by atoms with Gasteiger partial charge >= 0.3 is 0 Å². The number of fused-ring (bicyclic) bond motifs is 1. The maximum atomic E-state index is 6.16. The highest BCUT2D eigenvalue weighted by atomic mass is 35.5. The van der Waals surface area contributed by atoms with Crippen molar-refractivity contribution in [2.45, 2.75) is 6.42 Å². The minimum absolute atomic E-state index is 0. The van der Waals surface area contributed by atoms with Crippen LogP contribution >= 0.6 is 36.4 Å². The first-order valence-electron chi connectivity index (χ1n) is 7.28. The molecule has 0 aliphatic rings. The van der Waals surface area contributed by atoms with Gasteiger partial charge in [-0.25, -0.2) is 4.98 Å². The van der Waals surface area contributed by atoms with Gasteiger partial charge in [-0.3, -0.25) is 10.1 Å². The molecule has 4 aromatic rings. The second kappa shape index (κ2) is 8.30. The van der Waals surface area contributed by atoms with Gasteiger partial charge in [0.25, 0.3) is 0 Å². The molecule has 0 aliphatic heterocycles. The van der Waals surface area contributed by atoms with Gasteiger partial charge in [0.15, 0.2) is 5.82 Å². The maximum Gasteiger partial charge on any atom is 0.154 e. The van der Waals surface area contributed by atoms with E-state index in [0.29, 0.717) is 11.4 Å². The number of nitrogens with zero attached hydrogens (tertiary/aromatic N) is 3. The predicted molar refractivity (Wildman–Crippen MR) is 106 cm³/mol. The number of halogens is 3. The van der Waals surface area contributed by atoms with Crippen LogP contribution in [0.15, 0.2) is 61.1 Å². The zero-order chi connectivity index (χ0) is 15.6. The largest absolute Gasteiger partial charge is 0.266 e. The van der Waals surface area contributed by atoms with Crippen LogP contribution in [0.3, 0.4) is 0 Å². The first kappa shape index (κ1) is 19.2. The van der Waals surface area contributed by atoms with Crippen LogP contribution in [0, 0.1) is 0 Å². The molecule has 25 heavy (non-hydrogen) atoms. The van der Waals surface area contributed by atoms with Crippen molar-refractivity contribution in [3.8, 4) is 11.1 Å². The maximum absolute atomic E-state index is 6.16. The molecule has 4 rings (SSSR count). The van der Waals surface area contributed by atoms with Gasteiger partial charge in [0.05, 0.1) is 5.52 Å². The van der Waals surface area contributed by atoms with Gasteiger partial charge in [-0.15, -0.1) is 24.8 Å². The van der Waals surface area contributed by atoms with E-state index >= 15 is 0 Å². The standard InChI is InChI=1S/C18H13ClN4.2ClH/c19-15-5-1-3-13(10-15)16-8-12(9-17-21-11-22-23-17)7-14-4-2-6-20-18(14)16;;/h1-8,10-11H,9H2,(H,21,22,23);2*1H. The molecule has 0 unspecified atom stereocenters. The first-order chi connectivity index (χ1) is 11.3. The molecule has 0 radical (unpaired) electrons. The quantitative estimate of drug-likeness (QED) is 0.526. The minimum Gasteiger partial charge on any atom is -0.266 e. The van der Waals surface area contributed by atoms with E-state index in [-0.39, 0.29) is 24.8 Å². The highest BCUT2D eigenvalue weighted by Crippen LogP contribution is 2.30. The van der Waals surface area contributed by atoms with Gasteiger partial charge in [0.2, 0.25) is 0 Å². The Bertz CT molecular complexity index is 971. The molecule has 0 amide bonds. The van der Waals surface area contributed by atoms with Crippen molar-refractivity contribution in [3.63, 3.8) is 0 Å². The van der Waals surface area contributed by atoms with Gasteiger partial charge in [0, 0.05) is 28.6 Å². The molecule has 2 aromatic heterocycles. The van der Waals surface area contributed by atoms with E-state index in [1.165, 1.54) is 0 Å². The van der Waals surface area contributed by atoms with E-state index in [0.717, 1.165) is 33.4 Å². The highest BCUT2D eigenvalue weighted by molar-refractivity contribution is 6.30. The van der Waals surface area contributed by atoms with Gasteiger partial charge in [-0.05, 0) is 41.5 Å². The molecule has 0 saturated carbocycles. The molecule has 2 heterocycles. The third-order valence-corrected chi connectivity index (χ3v) is 3.96. The molecule has 0 fully saturated rings. The lowest BCUT2D eigenvalue weighted by Crippen LogP contribution is -1.94. The Balaban J connectivity index is 0.00000113. The average molecular weight is 394 g/mol. The minimum atomic E-state index is 0. The normalized spacial score (nSPS) is 10.1. The smallest absolute Gasteiger partial charge is 0.154 e. The van der Waals surface area contributed by atoms with Crippen LogP contribution in [0.4, 0.5) is 0 Å². The third-order valence-electron chi connectivity index (χ3n) is 3.73. The van der Waals surface area contributed by atoms with E-state index in [1.54, 1.807) is 6.33 Å². The van der Waals surface area contributed by atoms with Gasteiger partial charge in [0.1, 0.15) is 6.33 Å². The number of hydrogen-bond acceptors (Lipinski definition) is 3. The van der Waals surface area contributed by atoms with Gasteiger partial charge in [-0.1, -0.05) is 29.8 Å². The van der Waals surface area contributed by atoms with E-state index in [1.807, 2.05) is 36.5 Å². The number of aromatic nitrogens is 4. The monoisotopic (exact) mass is 392 g/mol. The molecule has 0 spiro atoms. The van der Waals surface area contributed by atoms with Crippen LogP contribution in [0.1, 0.15) is 11.4 Å². The molecule has 4 nitrogen and oxygen atoms in total. The number of aromatic amines is 1. The van der Waals surface area contributed by atoms with E-state index in [2.05, 4.69) is 38.4 Å². The van der Waals surface area contributed by atoms with Crippen LogP contribution < -0.4 is 0 Å². The Morgan fingerprint density at radius 2 is 1.84 bits per heavy atom. The zero-order valence-electron chi connectivity index (χ0n) is 13.0.